The molecule has 0 aliphatic carbocycles. The molecule has 0 aliphatic heterocycles. The molecule has 1 nitrogen and oxygen atoms in total. The van der Waals surface area contributed by atoms with Gasteiger partial charge in [0.15, 0.2) is 0 Å². The first-order chi connectivity index (χ1) is 9.54. The number of aryl methyl sites for hydroxylation is 1. The Hall–Kier alpha value is 0.130. The predicted molar refractivity (Wildman–Crippen MR) is 96.0 cm³/mol. The van der Waals surface area contributed by atoms with Gasteiger partial charge in [-0.3, -0.25) is 0 Å². The van der Waals surface area contributed by atoms with Crippen LogP contribution >= 0.6 is 54.8 Å². The highest BCUT2D eigenvalue weighted by atomic mass is 79.9. The molecule has 1 aromatic carbocycles. The zero-order valence-corrected chi connectivity index (χ0v) is 16.1. The second-order valence-electron chi connectivity index (χ2n) is 4.64. The zero-order chi connectivity index (χ0) is 14.7. The third-order valence-corrected chi connectivity index (χ3v) is 6.06. The van der Waals surface area contributed by atoms with Gasteiger partial charge in [-0.05, 0) is 54.6 Å². The quantitative estimate of drug-likeness (QED) is 0.577. The molecule has 0 saturated heterocycles. The SMILES string of the molecule is CCCNC(c1cc(Br)c(C)cc1Br)c1sccc1Cl. The number of hydrogen-bond acceptors (Lipinski definition) is 2. The number of halogens is 3. The molecule has 0 spiro atoms. The van der Waals surface area contributed by atoms with Crippen LogP contribution in [0.4, 0.5) is 0 Å². The molecule has 5 heteroatoms. The van der Waals surface area contributed by atoms with Crippen LogP contribution in [0.2, 0.25) is 5.02 Å². The summed E-state index contributed by atoms with van der Waals surface area (Å²) in [6, 6.07) is 6.39. The molecule has 1 aromatic heterocycles. The standard InChI is InChI=1S/C15H16Br2ClNS/c1-3-5-19-14(15-13(18)4-6-20-15)10-8-11(16)9(2)7-12(10)17/h4,6-8,14,19H,3,5H2,1-2H3. The van der Waals surface area contributed by atoms with Crippen LogP contribution in [-0.2, 0) is 0 Å². The Morgan fingerprint density at radius 3 is 2.65 bits per heavy atom. The van der Waals surface area contributed by atoms with Crippen molar-refractivity contribution in [2.75, 3.05) is 6.54 Å². The lowest BCUT2D eigenvalue weighted by molar-refractivity contribution is 0.604. The summed E-state index contributed by atoms with van der Waals surface area (Å²) in [7, 11) is 0. The maximum absolute atomic E-state index is 6.33. The Morgan fingerprint density at radius 1 is 1.30 bits per heavy atom. The van der Waals surface area contributed by atoms with Crippen molar-refractivity contribution >= 4 is 54.8 Å². The molecule has 2 rings (SSSR count). The molecular formula is C15H16Br2ClNS. The van der Waals surface area contributed by atoms with Gasteiger partial charge in [0.2, 0.25) is 0 Å². The van der Waals surface area contributed by atoms with E-state index in [1.54, 1.807) is 11.3 Å². The topological polar surface area (TPSA) is 12.0 Å². The van der Waals surface area contributed by atoms with Crippen LogP contribution in [-0.4, -0.2) is 6.54 Å². The summed E-state index contributed by atoms with van der Waals surface area (Å²) in [4.78, 5) is 1.16. The van der Waals surface area contributed by atoms with Gasteiger partial charge in [0.25, 0.3) is 0 Å². The number of benzene rings is 1. The molecule has 0 aliphatic rings. The van der Waals surface area contributed by atoms with Crippen LogP contribution in [0.5, 0.6) is 0 Å². The second kappa shape index (κ2) is 7.41. The van der Waals surface area contributed by atoms with Crippen molar-refractivity contribution in [1.82, 2.24) is 5.32 Å². The van der Waals surface area contributed by atoms with E-state index in [0.717, 1.165) is 31.8 Å². The molecule has 20 heavy (non-hydrogen) atoms. The summed E-state index contributed by atoms with van der Waals surface area (Å²) in [5.74, 6) is 0. The molecule has 0 bridgehead atoms. The van der Waals surface area contributed by atoms with Gasteiger partial charge < -0.3 is 5.32 Å². The van der Waals surface area contributed by atoms with Gasteiger partial charge in [0, 0.05) is 13.8 Å². The van der Waals surface area contributed by atoms with Gasteiger partial charge in [-0.15, -0.1) is 11.3 Å². The van der Waals surface area contributed by atoms with Gasteiger partial charge >= 0.3 is 0 Å². The molecule has 0 saturated carbocycles. The molecule has 2 aromatic rings. The van der Waals surface area contributed by atoms with E-state index in [9.17, 15) is 0 Å². The van der Waals surface area contributed by atoms with E-state index in [4.69, 9.17) is 11.6 Å². The number of rotatable bonds is 5. The average Bonchev–Trinajstić information content (AvgIpc) is 2.82. The van der Waals surface area contributed by atoms with E-state index in [1.807, 2.05) is 11.4 Å². The third kappa shape index (κ3) is 3.66. The highest BCUT2D eigenvalue weighted by Gasteiger charge is 2.21. The first-order valence-electron chi connectivity index (χ1n) is 6.46. The van der Waals surface area contributed by atoms with Crippen molar-refractivity contribution in [3.8, 4) is 0 Å². The Labute approximate surface area is 146 Å². The summed E-state index contributed by atoms with van der Waals surface area (Å²) in [6.45, 7) is 5.21. The lowest BCUT2D eigenvalue weighted by Crippen LogP contribution is -2.23. The summed E-state index contributed by atoms with van der Waals surface area (Å²) in [5.41, 5.74) is 2.42. The van der Waals surface area contributed by atoms with Crippen molar-refractivity contribution in [2.45, 2.75) is 26.3 Å². The largest absolute Gasteiger partial charge is 0.306 e. The maximum Gasteiger partial charge on any atom is 0.0697 e. The lowest BCUT2D eigenvalue weighted by atomic mass is 10.0. The van der Waals surface area contributed by atoms with Crippen LogP contribution in [0.15, 0.2) is 32.5 Å². The van der Waals surface area contributed by atoms with Crippen LogP contribution in [0.25, 0.3) is 0 Å². The molecule has 0 amide bonds. The van der Waals surface area contributed by atoms with E-state index >= 15 is 0 Å². The first kappa shape index (κ1) is 16.5. The second-order valence-corrected chi connectivity index (χ2v) is 7.71. The fourth-order valence-corrected chi connectivity index (χ4v) is 4.33. The molecule has 1 heterocycles. The third-order valence-electron chi connectivity index (χ3n) is 3.09. The molecule has 1 N–H and O–H groups in total. The number of nitrogens with one attached hydrogen (secondary N) is 1. The van der Waals surface area contributed by atoms with Crippen molar-refractivity contribution < 1.29 is 0 Å². The van der Waals surface area contributed by atoms with Gasteiger partial charge in [-0.25, -0.2) is 0 Å². The van der Waals surface area contributed by atoms with Crippen molar-refractivity contribution in [2.24, 2.45) is 0 Å². The lowest BCUT2D eigenvalue weighted by Gasteiger charge is -2.21. The van der Waals surface area contributed by atoms with Gasteiger partial charge in [0.05, 0.1) is 11.1 Å². The number of hydrogen-bond donors (Lipinski definition) is 1. The van der Waals surface area contributed by atoms with Crippen LogP contribution < -0.4 is 5.32 Å². The summed E-state index contributed by atoms with van der Waals surface area (Å²) >= 11 is 15.3. The smallest absolute Gasteiger partial charge is 0.0697 e. The van der Waals surface area contributed by atoms with E-state index in [2.05, 4.69) is 63.2 Å². The van der Waals surface area contributed by atoms with E-state index in [1.165, 1.54) is 11.1 Å². The Kier molecular flexibility index (Phi) is 6.11. The van der Waals surface area contributed by atoms with Gasteiger partial charge in [0.1, 0.15) is 0 Å². The van der Waals surface area contributed by atoms with Crippen molar-refractivity contribution in [3.05, 3.63) is 53.6 Å². The molecular weight excluding hydrogens is 422 g/mol. The highest BCUT2D eigenvalue weighted by Crippen LogP contribution is 2.38. The van der Waals surface area contributed by atoms with Crippen LogP contribution in [0, 0.1) is 6.92 Å². The minimum absolute atomic E-state index is 0.119. The van der Waals surface area contributed by atoms with E-state index < -0.39 is 0 Å². The van der Waals surface area contributed by atoms with E-state index in [0.29, 0.717) is 0 Å². The Balaban J connectivity index is 2.46. The highest BCUT2D eigenvalue weighted by molar-refractivity contribution is 9.11. The summed E-state index contributed by atoms with van der Waals surface area (Å²) < 4.78 is 2.22. The molecule has 0 radical (unpaired) electrons. The van der Waals surface area contributed by atoms with Crippen LogP contribution in [0.3, 0.4) is 0 Å². The van der Waals surface area contributed by atoms with Crippen molar-refractivity contribution in [1.29, 1.82) is 0 Å². The molecule has 108 valence electrons. The average molecular weight is 438 g/mol. The Morgan fingerprint density at radius 2 is 2.05 bits per heavy atom. The molecule has 1 unspecified atom stereocenters. The maximum atomic E-state index is 6.33. The normalized spacial score (nSPS) is 12.7. The zero-order valence-electron chi connectivity index (χ0n) is 11.3. The van der Waals surface area contributed by atoms with Gasteiger partial charge in [-0.1, -0.05) is 50.4 Å². The monoisotopic (exact) mass is 435 g/mol. The minimum atomic E-state index is 0.119. The fraction of sp³-hybridized carbons (Fsp3) is 0.333. The summed E-state index contributed by atoms with van der Waals surface area (Å²) in [5, 5.41) is 6.45. The van der Waals surface area contributed by atoms with E-state index in [-0.39, 0.29) is 6.04 Å². The molecule has 1 atom stereocenters. The van der Waals surface area contributed by atoms with Gasteiger partial charge in [-0.2, -0.15) is 0 Å². The van der Waals surface area contributed by atoms with Crippen molar-refractivity contribution in [3.63, 3.8) is 0 Å². The fourth-order valence-electron chi connectivity index (χ4n) is 2.03. The summed E-state index contributed by atoms with van der Waals surface area (Å²) in [6.07, 6.45) is 1.09. The Bertz CT molecular complexity index is 598. The molecule has 0 fully saturated rings. The minimum Gasteiger partial charge on any atom is -0.306 e. The predicted octanol–water partition coefficient (Wildman–Crippen LogP) is 6.32. The first-order valence-corrected chi connectivity index (χ1v) is 9.30. The number of thiophene rings is 1. The van der Waals surface area contributed by atoms with Crippen LogP contribution in [0.1, 0.15) is 35.4 Å².